The summed E-state index contributed by atoms with van der Waals surface area (Å²) in [6, 6.07) is 11.4. The molecule has 4 aromatic carbocycles. The van der Waals surface area contributed by atoms with Crippen molar-refractivity contribution in [2.75, 3.05) is 32.1 Å². The number of rotatable bonds is 31. The van der Waals surface area contributed by atoms with E-state index in [1.807, 2.05) is 67.6 Å². The van der Waals surface area contributed by atoms with Gasteiger partial charge in [0, 0.05) is 64.7 Å². The van der Waals surface area contributed by atoms with Crippen LogP contribution in [0.3, 0.4) is 0 Å². The molecule has 5 aromatic rings. The third kappa shape index (κ3) is 37.2. The lowest BCUT2D eigenvalue weighted by Gasteiger charge is -2.29. The number of nitrogens with zero attached hydrogens (tertiary/aromatic N) is 2. The number of phenols is 1. The summed E-state index contributed by atoms with van der Waals surface area (Å²) in [5.41, 5.74) is 9.31. The van der Waals surface area contributed by atoms with E-state index in [2.05, 4.69) is 79.1 Å². The number of hydrogen-bond acceptors (Lipinski definition) is 21. The van der Waals surface area contributed by atoms with E-state index in [1.165, 1.54) is 62.5 Å². The standard InChI is InChI=1S/C90H124N18O21S/c1-9-10-13-26-62-82(122)102-69(42-56-31-35-61(109)36-32-56)87(127)101-66(45-60-47-93-50-95-60)72(110)43-59(44-75(114)115)80(120)98-65(37-38-74(112)113)84(124)107-77(52(4)5)89(129)105-67(40-51(2)3)85(125)103-68(41-55-29-33-58(34-30-55)57-24-16-12-17-25-57)86(126)100-63(27-19-18-23-54-21-14-11-15-22-54)83(123)104-70(46-76(116)117)88(128)106-71(78(91)118)48-130-49-73(111)96-53(6)79(119)97-64(81(121)99-62)28-20-39-94-90(92)108(7)8/h11-12,14-17,21-22,24-25,29-36,47,50-53,59,62-71,77,109H,9-10,13,18-20,23,26-28,37-46,48-49H2,1-8H3,(H2,91,118)(H2,92,94)(H,93,95)(H,96,111)(H,97,119)(H,98,120)(H,99,121)(H,100,126)(H,101,127)(H,102,122)(H,103,125)(H,104,123)(H,105,129)(H,106,128)(H,107,124)(H,112,113)(H,114,115)(H,116,117)/t53-,59-,62-,63-,64-,65-,66-,67-,68-,69-,70-,71-,77-/m0/s1. The number of carboxylic acid groups (broad SMARTS) is 3. The van der Waals surface area contributed by atoms with Crippen molar-refractivity contribution in [2.24, 2.45) is 23.5 Å². The average molecular weight is 1830 g/mol. The van der Waals surface area contributed by atoms with Crippen molar-refractivity contribution >= 4 is 118 Å². The molecule has 40 heteroatoms. The molecule has 0 bridgehead atoms. The number of amides is 13. The Morgan fingerprint density at radius 2 is 0.985 bits per heavy atom. The van der Waals surface area contributed by atoms with Gasteiger partial charge < -0.3 is 105 Å². The number of primary amides is 1. The van der Waals surface area contributed by atoms with Crippen molar-refractivity contribution in [3.05, 3.63) is 144 Å². The molecule has 13 atom stereocenters. The maximum atomic E-state index is 15.3. The molecule has 0 unspecified atom stereocenters. The van der Waals surface area contributed by atoms with Crippen LogP contribution in [0.2, 0.25) is 0 Å². The van der Waals surface area contributed by atoms with Gasteiger partial charge in [-0.2, -0.15) is 0 Å². The van der Waals surface area contributed by atoms with Crippen LogP contribution in [-0.2, 0) is 107 Å². The number of Topliss-reactive ketones (excluding diaryl/α,β-unsaturated/α-hetero) is 1. The second kappa shape index (κ2) is 54.1. The fourth-order valence-corrected chi connectivity index (χ4v) is 14.9. The van der Waals surface area contributed by atoms with Crippen molar-refractivity contribution in [2.45, 2.75) is 236 Å². The second-order valence-electron chi connectivity index (χ2n) is 33.1. The number of carboxylic acids is 3. The zero-order chi connectivity index (χ0) is 95.7. The first-order chi connectivity index (χ1) is 61.8. The number of aliphatic carboxylic acids is 3. The summed E-state index contributed by atoms with van der Waals surface area (Å²) >= 11 is 0.740. The van der Waals surface area contributed by atoms with Crippen molar-refractivity contribution in [1.82, 2.24) is 84.0 Å². The summed E-state index contributed by atoms with van der Waals surface area (Å²) in [5.74, 6) is -23.5. The van der Waals surface area contributed by atoms with Gasteiger partial charge in [0.25, 0.3) is 0 Å². The predicted octanol–water partition coefficient (Wildman–Crippen LogP) is 1.83. The molecule has 2 heterocycles. The molecule has 0 spiro atoms. The first kappa shape index (κ1) is 105. The van der Waals surface area contributed by atoms with E-state index in [4.69, 9.17) is 11.1 Å². The molecule has 1 aromatic heterocycles. The molecule has 1 aliphatic heterocycles. The number of H-pyrrole nitrogens is 1. The average Bonchev–Trinajstić information content (AvgIpc) is 0.931. The Morgan fingerprint density at radius 1 is 0.508 bits per heavy atom. The van der Waals surface area contributed by atoms with Gasteiger partial charge in [-0.3, -0.25) is 86.9 Å². The molecule has 1 fully saturated rings. The molecule has 6 rings (SSSR count). The van der Waals surface area contributed by atoms with Gasteiger partial charge in [-0.25, -0.2) is 4.98 Å². The highest BCUT2D eigenvalue weighted by molar-refractivity contribution is 8.00. The number of carbonyl (C=O) groups is 17. The van der Waals surface area contributed by atoms with Gasteiger partial charge >= 0.3 is 17.9 Å². The Morgan fingerprint density at radius 3 is 1.52 bits per heavy atom. The highest BCUT2D eigenvalue weighted by atomic mass is 32.2. The van der Waals surface area contributed by atoms with Crippen LogP contribution < -0.4 is 74.9 Å². The predicted molar refractivity (Wildman–Crippen MR) is 481 cm³/mol. The minimum absolute atomic E-state index is 0.00289. The number of hydrogen-bond donors (Lipinski definition) is 20. The maximum Gasteiger partial charge on any atom is 0.305 e. The molecule has 0 aliphatic carbocycles. The number of phenolic OH excluding ortho intramolecular Hbond substituents is 1. The second-order valence-corrected chi connectivity index (χ2v) is 34.1. The Hall–Kier alpha value is -13.3. The number of benzene rings is 4. The van der Waals surface area contributed by atoms with Crippen LogP contribution in [0.5, 0.6) is 5.75 Å². The van der Waals surface area contributed by atoms with Crippen LogP contribution in [-0.4, -0.2) is 246 Å². The van der Waals surface area contributed by atoms with Crippen molar-refractivity contribution in [3.8, 4) is 16.9 Å². The number of aromatic nitrogens is 2. The number of aromatic hydroxyl groups is 1. The van der Waals surface area contributed by atoms with Crippen LogP contribution in [0.1, 0.15) is 160 Å². The first-order valence-electron chi connectivity index (χ1n) is 43.4. The first-order valence-corrected chi connectivity index (χ1v) is 44.6. The third-order valence-corrected chi connectivity index (χ3v) is 22.4. The largest absolute Gasteiger partial charge is 0.508 e. The number of carbonyl (C=O) groups excluding carboxylic acids is 14. The number of ketones is 1. The summed E-state index contributed by atoms with van der Waals surface area (Å²) in [5, 5.41) is 83.1. The van der Waals surface area contributed by atoms with Crippen LogP contribution in [0.25, 0.3) is 11.1 Å². The van der Waals surface area contributed by atoms with Gasteiger partial charge in [0.15, 0.2) is 11.7 Å². The van der Waals surface area contributed by atoms with E-state index in [-0.39, 0.29) is 75.3 Å². The number of guanidine groups is 1. The number of aromatic amines is 1. The monoisotopic (exact) mass is 1820 g/mol. The molecule has 1 aliphatic rings. The van der Waals surface area contributed by atoms with Gasteiger partial charge in [0.05, 0.1) is 42.6 Å². The molecule has 13 amide bonds. The van der Waals surface area contributed by atoms with Gasteiger partial charge in [-0.1, -0.05) is 157 Å². The molecule has 0 saturated carbocycles. The van der Waals surface area contributed by atoms with E-state index in [0.717, 1.165) is 28.5 Å². The lowest BCUT2D eigenvalue weighted by atomic mass is 9.92. The zero-order valence-corrected chi connectivity index (χ0v) is 75.2. The number of nitrogens with one attached hydrogen (secondary N) is 15. The summed E-state index contributed by atoms with van der Waals surface area (Å²) in [6.45, 7) is 9.71. The summed E-state index contributed by atoms with van der Waals surface area (Å²) < 4.78 is 0. The van der Waals surface area contributed by atoms with Crippen LogP contribution >= 0.6 is 11.8 Å². The lowest BCUT2D eigenvalue weighted by molar-refractivity contribution is -0.143. The molecule has 1 saturated heterocycles. The van der Waals surface area contributed by atoms with Crippen molar-refractivity contribution in [1.29, 1.82) is 5.41 Å². The minimum Gasteiger partial charge on any atom is -0.508 e. The summed E-state index contributed by atoms with van der Waals surface area (Å²) in [4.78, 5) is 251. The van der Waals surface area contributed by atoms with Crippen molar-refractivity contribution < 1.29 is 102 Å². The molecule has 130 heavy (non-hydrogen) atoms. The van der Waals surface area contributed by atoms with Gasteiger partial charge in [-0.05, 0) is 110 Å². The minimum atomic E-state index is -1.98. The third-order valence-electron chi connectivity index (χ3n) is 21.3. The van der Waals surface area contributed by atoms with E-state index >= 15 is 24.0 Å². The fourth-order valence-electron chi connectivity index (χ4n) is 14.1. The number of unbranched alkanes of at least 4 members (excludes halogenated alkanes) is 3. The van der Waals surface area contributed by atoms with Crippen LogP contribution in [0, 0.1) is 23.2 Å². The van der Waals surface area contributed by atoms with E-state index in [9.17, 15) is 78.0 Å². The number of nitrogens with two attached hydrogens (primary N) is 1. The van der Waals surface area contributed by atoms with E-state index in [1.54, 1.807) is 52.2 Å². The molecular formula is C90H124N18O21S. The van der Waals surface area contributed by atoms with Crippen LogP contribution in [0.15, 0.2) is 122 Å². The number of aryl methyl sites for hydroxylation is 1. The summed E-state index contributed by atoms with van der Waals surface area (Å²) in [6.07, 6.45) is -0.884. The summed E-state index contributed by atoms with van der Waals surface area (Å²) in [7, 11) is 3.23. The zero-order valence-electron chi connectivity index (χ0n) is 74.4. The van der Waals surface area contributed by atoms with Gasteiger partial charge in [0.1, 0.15) is 72.2 Å². The smallest absolute Gasteiger partial charge is 0.305 e. The Bertz CT molecular complexity index is 4660. The highest BCUT2D eigenvalue weighted by Crippen LogP contribution is 2.23. The number of thioether (sulfide) groups is 1. The highest BCUT2D eigenvalue weighted by Gasteiger charge is 2.40. The maximum absolute atomic E-state index is 15.3. The normalized spacial score (nSPS) is 22.5. The van der Waals surface area contributed by atoms with Gasteiger partial charge in [-0.15, -0.1) is 11.8 Å². The molecular weight excluding hydrogens is 1700 g/mol. The lowest BCUT2D eigenvalue weighted by Crippen LogP contribution is -2.61. The topological polar surface area (TPSA) is 609 Å². The van der Waals surface area contributed by atoms with Gasteiger partial charge in [0.2, 0.25) is 76.8 Å². The SMILES string of the molecule is CCCCC[C@@H]1NC(=O)[C@H](CCCNC(=N)N(C)C)NC(=O)[C@H](C)NC(=O)CSC[C@@H](C(N)=O)NC(=O)[C@H](CC(=O)O)NC(=O)[C@H](CCCCc2ccccc2)NC(=O)[C@H](Cc2ccc(-c3ccccc3)cc2)NC(=O)[C@H](CC(C)C)NC(=O)[C@H](C(C)C)NC(=O)[C@H](CCC(=O)O)NC(=O)[C@H](CC(=O)O)CC(=O)[C@H](Cc2c[nH]cn2)NC(=O)[C@H](Cc2ccc(O)cc2)NC1=O. The van der Waals surface area contributed by atoms with E-state index in [0.29, 0.717) is 43.2 Å². The number of imidazole rings is 1. The Labute approximate surface area is 758 Å². The molecule has 0 radical (unpaired) electrons. The Kier molecular flexibility index (Phi) is 43.9. The van der Waals surface area contributed by atoms with E-state index < -0.39 is 241 Å². The van der Waals surface area contributed by atoms with Crippen LogP contribution in [0.4, 0.5) is 0 Å². The molecule has 21 N–H and O–H groups in total. The Balaban J connectivity index is 1.46. The quantitative estimate of drug-likeness (QED) is 0.0171. The molecule has 39 nitrogen and oxygen atoms in total. The fraction of sp³-hybridized carbons (Fsp3) is 0.500. The molecule has 706 valence electrons. The van der Waals surface area contributed by atoms with Crippen molar-refractivity contribution in [3.63, 3.8) is 0 Å².